The summed E-state index contributed by atoms with van der Waals surface area (Å²) in [4.78, 5) is 72.2. The summed E-state index contributed by atoms with van der Waals surface area (Å²) in [5, 5.41) is 10.5. The number of ether oxygens (including phenoxy) is 4. The monoisotopic (exact) mass is 1300 g/mol. The number of hydrogen-bond donors (Lipinski definition) is 3. The second-order valence-corrected chi connectivity index (χ2v) is 28.8. The molecule has 0 saturated carbocycles. The van der Waals surface area contributed by atoms with Crippen molar-refractivity contribution in [1.29, 1.82) is 0 Å². The van der Waals surface area contributed by atoms with Gasteiger partial charge >= 0.3 is 39.5 Å². The van der Waals surface area contributed by atoms with Gasteiger partial charge in [-0.2, -0.15) is 0 Å². The van der Waals surface area contributed by atoms with Crippen LogP contribution < -0.4 is 0 Å². The van der Waals surface area contributed by atoms with Crippen molar-refractivity contribution < 1.29 is 80.2 Å². The number of phosphoric acid groups is 2. The van der Waals surface area contributed by atoms with Crippen molar-refractivity contribution in [1.82, 2.24) is 0 Å². The number of rotatable bonds is 68. The van der Waals surface area contributed by atoms with Crippen molar-refractivity contribution in [3.63, 3.8) is 0 Å². The maximum absolute atomic E-state index is 13.0. The zero-order valence-corrected chi connectivity index (χ0v) is 58.8. The molecule has 0 aliphatic heterocycles. The molecule has 0 aliphatic carbocycles. The van der Waals surface area contributed by atoms with E-state index in [0.29, 0.717) is 31.6 Å². The molecule has 0 aromatic carbocycles. The van der Waals surface area contributed by atoms with Gasteiger partial charge in [0.1, 0.15) is 19.3 Å². The number of aliphatic hydroxyl groups excluding tert-OH is 1. The van der Waals surface area contributed by atoms with Crippen molar-refractivity contribution >= 4 is 39.5 Å². The molecular formula is C69H134O17P2. The van der Waals surface area contributed by atoms with Gasteiger partial charge in [0.05, 0.1) is 26.4 Å². The van der Waals surface area contributed by atoms with E-state index in [0.717, 1.165) is 102 Å². The van der Waals surface area contributed by atoms with Gasteiger partial charge in [0.2, 0.25) is 0 Å². The van der Waals surface area contributed by atoms with E-state index in [1.807, 2.05) is 0 Å². The average molecular weight is 1300 g/mol. The predicted molar refractivity (Wildman–Crippen MR) is 354 cm³/mol. The summed E-state index contributed by atoms with van der Waals surface area (Å²) in [5.41, 5.74) is 0. The van der Waals surface area contributed by atoms with Crippen LogP contribution in [0.2, 0.25) is 0 Å². The molecule has 0 aromatic heterocycles. The lowest BCUT2D eigenvalue weighted by atomic mass is 10.0. The first-order valence-corrected chi connectivity index (χ1v) is 39.0. The maximum atomic E-state index is 13.0. The Labute approximate surface area is 537 Å². The highest BCUT2D eigenvalue weighted by atomic mass is 31.2. The first kappa shape index (κ1) is 86.1. The Bertz CT molecular complexity index is 1720. The summed E-state index contributed by atoms with van der Waals surface area (Å²) in [7, 11) is -9.89. The highest BCUT2D eigenvalue weighted by Gasteiger charge is 2.30. The van der Waals surface area contributed by atoms with E-state index in [-0.39, 0.29) is 25.7 Å². The fraction of sp³-hybridized carbons (Fsp3) is 0.942. The summed E-state index contributed by atoms with van der Waals surface area (Å²) in [5.74, 6) is -0.672. The molecule has 3 N–H and O–H groups in total. The highest BCUT2D eigenvalue weighted by Crippen LogP contribution is 2.45. The molecule has 0 fully saturated rings. The van der Waals surface area contributed by atoms with Gasteiger partial charge < -0.3 is 33.8 Å². The van der Waals surface area contributed by atoms with Crippen LogP contribution in [0, 0.1) is 11.8 Å². The van der Waals surface area contributed by atoms with Crippen molar-refractivity contribution in [2.24, 2.45) is 11.8 Å². The van der Waals surface area contributed by atoms with Crippen LogP contribution in [-0.2, 0) is 65.4 Å². The number of aliphatic hydroxyl groups is 1. The molecule has 0 aromatic rings. The summed E-state index contributed by atoms with van der Waals surface area (Å²) in [6.07, 6.45) is 46.4. The minimum absolute atomic E-state index is 0.103. The molecular weight excluding hydrogens is 1160 g/mol. The Morgan fingerprint density at radius 3 is 0.773 bits per heavy atom. The number of unbranched alkanes of at least 4 members (excludes halogenated alkanes) is 38. The Morgan fingerprint density at radius 1 is 0.307 bits per heavy atom. The zero-order valence-electron chi connectivity index (χ0n) is 57.0. The molecule has 2 unspecified atom stereocenters. The molecule has 522 valence electrons. The van der Waals surface area contributed by atoms with Crippen LogP contribution in [0.25, 0.3) is 0 Å². The number of carbonyl (C=O) groups excluding carboxylic acids is 4. The number of esters is 4. The van der Waals surface area contributed by atoms with Gasteiger partial charge in [-0.25, -0.2) is 9.13 Å². The summed E-state index contributed by atoms with van der Waals surface area (Å²) in [6, 6.07) is 0. The van der Waals surface area contributed by atoms with Crippen LogP contribution in [0.15, 0.2) is 0 Å². The second-order valence-electron chi connectivity index (χ2n) is 25.9. The second kappa shape index (κ2) is 61.3. The molecule has 88 heavy (non-hydrogen) atoms. The Balaban J connectivity index is 5.14. The van der Waals surface area contributed by atoms with Gasteiger partial charge in [0.15, 0.2) is 12.2 Å². The first-order valence-electron chi connectivity index (χ1n) is 36.0. The first-order chi connectivity index (χ1) is 42.4. The van der Waals surface area contributed by atoms with E-state index in [4.69, 9.17) is 37.0 Å². The molecule has 0 rings (SSSR count). The van der Waals surface area contributed by atoms with Gasteiger partial charge in [-0.1, -0.05) is 298 Å². The third-order valence-electron chi connectivity index (χ3n) is 16.0. The molecule has 0 spiro atoms. The lowest BCUT2D eigenvalue weighted by Gasteiger charge is -2.21. The van der Waals surface area contributed by atoms with E-state index in [2.05, 4.69) is 41.5 Å². The Morgan fingerprint density at radius 2 is 0.523 bits per heavy atom. The SMILES string of the molecule is CCCCCCCCCCCCCCCCCCCCCC(=O)O[C@H](COC(=O)CCCCCCCCCCCCCC(C)C)COP(=O)(O)OC[C@@H](O)COP(=O)(O)OC[C@@H](COC(=O)CCCCCCC)OC(=O)CCCCCCCCCC(C)C. The van der Waals surface area contributed by atoms with Gasteiger partial charge in [-0.15, -0.1) is 0 Å². The standard InChI is InChI=1S/C69H134O17P2/c1-7-9-11-13-14-15-16-17-18-19-20-21-22-23-26-30-35-41-47-53-68(73)86-65(58-80-67(72)52-46-40-34-29-27-24-25-28-32-38-43-49-61(3)4)60-84-88(77,78)82-56-63(70)55-81-87(75,76)83-59-64(57-79-66(71)51-45-37-12-10-8-2)85-69(74)54-48-42-36-31-33-39-44-50-62(5)6/h61-65,70H,7-60H2,1-6H3,(H,75,76)(H,77,78)/t63-,64+,65+/m0/s1. The van der Waals surface area contributed by atoms with Gasteiger partial charge in [0.25, 0.3) is 0 Å². The molecule has 0 bridgehead atoms. The third-order valence-corrected chi connectivity index (χ3v) is 17.9. The van der Waals surface area contributed by atoms with E-state index in [1.54, 1.807) is 0 Å². The third kappa shape index (κ3) is 62.8. The topological polar surface area (TPSA) is 237 Å². The van der Waals surface area contributed by atoms with Gasteiger partial charge in [0, 0.05) is 25.7 Å². The number of carbonyl (C=O) groups is 4. The predicted octanol–water partition coefficient (Wildman–Crippen LogP) is 19.6. The maximum Gasteiger partial charge on any atom is 0.472 e. The van der Waals surface area contributed by atoms with Crippen molar-refractivity contribution in [2.75, 3.05) is 39.6 Å². The van der Waals surface area contributed by atoms with Crippen LogP contribution in [0.3, 0.4) is 0 Å². The van der Waals surface area contributed by atoms with Crippen LogP contribution in [-0.4, -0.2) is 96.7 Å². The van der Waals surface area contributed by atoms with Crippen molar-refractivity contribution in [3.05, 3.63) is 0 Å². The van der Waals surface area contributed by atoms with Gasteiger partial charge in [-0.3, -0.25) is 37.3 Å². The molecule has 5 atom stereocenters. The Kier molecular flexibility index (Phi) is 59.9. The van der Waals surface area contributed by atoms with E-state index >= 15 is 0 Å². The van der Waals surface area contributed by atoms with Crippen molar-refractivity contribution in [3.8, 4) is 0 Å². The lowest BCUT2D eigenvalue weighted by Crippen LogP contribution is -2.30. The fourth-order valence-corrected chi connectivity index (χ4v) is 12.0. The highest BCUT2D eigenvalue weighted by molar-refractivity contribution is 7.47. The van der Waals surface area contributed by atoms with Crippen LogP contribution in [0.1, 0.15) is 350 Å². The van der Waals surface area contributed by atoms with E-state index in [9.17, 15) is 43.2 Å². The smallest absolute Gasteiger partial charge is 0.462 e. The molecule has 0 heterocycles. The average Bonchev–Trinajstić information content (AvgIpc) is 3.70. The Hall–Kier alpha value is -1.94. The normalized spacial score (nSPS) is 14.2. The minimum Gasteiger partial charge on any atom is -0.462 e. The lowest BCUT2D eigenvalue weighted by molar-refractivity contribution is -0.161. The van der Waals surface area contributed by atoms with Crippen LogP contribution >= 0.6 is 15.6 Å². The number of hydrogen-bond acceptors (Lipinski definition) is 15. The zero-order chi connectivity index (χ0) is 65.0. The molecule has 0 radical (unpaired) electrons. The largest absolute Gasteiger partial charge is 0.472 e. The molecule has 0 saturated heterocycles. The van der Waals surface area contributed by atoms with E-state index in [1.165, 1.54) is 161 Å². The number of phosphoric ester groups is 2. The minimum atomic E-state index is -4.95. The van der Waals surface area contributed by atoms with Crippen molar-refractivity contribution in [2.45, 2.75) is 368 Å². The fourth-order valence-electron chi connectivity index (χ4n) is 10.4. The van der Waals surface area contributed by atoms with Crippen LogP contribution in [0.4, 0.5) is 0 Å². The summed E-state index contributed by atoms with van der Waals surface area (Å²) >= 11 is 0. The summed E-state index contributed by atoms with van der Waals surface area (Å²) in [6.45, 7) is 9.39. The molecule has 17 nitrogen and oxygen atoms in total. The molecule has 0 aliphatic rings. The van der Waals surface area contributed by atoms with Gasteiger partial charge in [-0.05, 0) is 37.5 Å². The van der Waals surface area contributed by atoms with Crippen LogP contribution in [0.5, 0.6) is 0 Å². The quantitative estimate of drug-likeness (QED) is 0.0222. The molecule has 0 amide bonds. The van der Waals surface area contributed by atoms with E-state index < -0.39 is 97.5 Å². The molecule has 19 heteroatoms. The summed E-state index contributed by atoms with van der Waals surface area (Å²) < 4.78 is 68.0.